The second kappa shape index (κ2) is 6.62. The third kappa shape index (κ3) is 4.22. The topological polar surface area (TPSA) is 96.7 Å². The predicted octanol–water partition coefficient (Wildman–Crippen LogP) is 1.97. The number of rotatable bonds is 5. The smallest absolute Gasteiger partial charge is 0.230 e. The van der Waals surface area contributed by atoms with E-state index in [1.807, 2.05) is 13.0 Å². The molecule has 7 heteroatoms. The van der Waals surface area contributed by atoms with Gasteiger partial charge in [0, 0.05) is 0 Å². The molecule has 0 saturated carbocycles. The molecule has 1 atom stereocenters. The number of carbonyl (C=O) groups is 1. The van der Waals surface area contributed by atoms with Crippen LogP contribution in [0.2, 0.25) is 0 Å². The molecule has 112 valence electrons. The SMILES string of the molecule is Cc1ccc(C(C)NC(=O)CSc2n[nH]c(N)n2)cc1C. The maximum Gasteiger partial charge on any atom is 0.230 e. The van der Waals surface area contributed by atoms with Gasteiger partial charge >= 0.3 is 0 Å². The van der Waals surface area contributed by atoms with Crippen molar-refractivity contribution in [3.63, 3.8) is 0 Å². The number of aryl methyl sites for hydroxylation is 2. The van der Waals surface area contributed by atoms with Crippen molar-refractivity contribution in [2.45, 2.75) is 32.0 Å². The lowest BCUT2D eigenvalue weighted by molar-refractivity contribution is -0.119. The van der Waals surface area contributed by atoms with Crippen LogP contribution in [0.25, 0.3) is 0 Å². The number of anilines is 1. The number of amides is 1. The number of hydrogen-bond donors (Lipinski definition) is 3. The largest absolute Gasteiger partial charge is 0.368 e. The average Bonchev–Trinajstić information content (AvgIpc) is 2.85. The molecule has 1 amide bonds. The van der Waals surface area contributed by atoms with Crippen LogP contribution in [0.1, 0.15) is 29.7 Å². The molecule has 1 heterocycles. The molecule has 2 rings (SSSR count). The lowest BCUT2D eigenvalue weighted by Crippen LogP contribution is -2.28. The van der Waals surface area contributed by atoms with Crippen molar-refractivity contribution >= 4 is 23.6 Å². The van der Waals surface area contributed by atoms with Gasteiger partial charge in [-0.3, -0.25) is 4.79 Å². The molecular formula is C14H19N5OS. The van der Waals surface area contributed by atoms with Gasteiger partial charge < -0.3 is 11.1 Å². The summed E-state index contributed by atoms with van der Waals surface area (Å²) >= 11 is 1.25. The van der Waals surface area contributed by atoms with Crippen LogP contribution in [0.3, 0.4) is 0 Å². The molecule has 0 saturated heterocycles. The van der Waals surface area contributed by atoms with Crippen LogP contribution in [0.5, 0.6) is 0 Å². The number of nitrogens with zero attached hydrogens (tertiary/aromatic N) is 2. The number of nitrogens with two attached hydrogens (primary N) is 1. The zero-order valence-corrected chi connectivity index (χ0v) is 13.1. The Morgan fingerprint density at radius 2 is 2.19 bits per heavy atom. The van der Waals surface area contributed by atoms with Gasteiger partial charge in [-0.25, -0.2) is 5.10 Å². The molecule has 0 fully saturated rings. The first-order valence-corrected chi connectivity index (χ1v) is 7.61. The van der Waals surface area contributed by atoms with E-state index in [0.717, 1.165) is 5.56 Å². The number of nitrogens with one attached hydrogen (secondary N) is 2. The summed E-state index contributed by atoms with van der Waals surface area (Å²) in [5.41, 5.74) is 8.99. The number of hydrogen-bond acceptors (Lipinski definition) is 5. The van der Waals surface area contributed by atoms with Crippen LogP contribution >= 0.6 is 11.8 Å². The summed E-state index contributed by atoms with van der Waals surface area (Å²) in [6.07, 6.45) is 0. The molecule has 0 aliphatic heterocycles. The van der Waals surface area contributed by atoms with E-state index in [1.165, 1.54) is 22.9 Å². The third-order valence-corrected chi connectivity index (χ3v) is 4.07. The summed E-state index contributed by atoms with van der Waals surface area (Å²) in [7, 11) is 0. The maximum atomic E-state index is 11.9. The van der Waals surface area contributed by atoms with E-state index < -0.39 is 0 Å². The number of thioether (sulfide) groups is 1. The molecule has 0 bridgehead atoms. The highest BCUT2D eigenvalue weighted by molar-refractivity contribution is 7.99. The second-order valence-corrected chi connectivity index (χ2v) is 5.87. The lowest BCUT2D eigenvalue weighted by Gasteiger charge is -2.15. The Balaban J connectivity index is 1.88. The highest BCUT2D eigenvalue weighted by Gasteiger charge is 2.11. The van der Waals surface area contributed by atoms with Crippen molar-refractivity contribution in [1.82, 2.24) is 20.5 Å². The van der Waals surface area contributed by atoms with Gasteiger partial charge in [-0.15, -0.1) is 5.10 Å². The Kier molecular flexibility index (Phi) is 4.85. The van der Waals surface area contributed by atoms with Crippen LogP contribution in [0.15, 0.2) is 23.4 Å². The highest BCUT2D eigenvalue weighted by atomic mass is 32.2. The number of carbonyl (C=O) groups excluding carboxylic acids is 1. The van der Waals surface area contributed by atoms with Crippen LogP contribution in [-0.2, 0) is 4.79 Å². The summed E-state index contributed by atoms with van der Waals surface area (Å²) in [6.45, 7) is 6.11. The van der Waals surface area contributed by atoms with Gasteiger partial charge in [0.2, 0.25) is 17.0 Å². The van der Waals surface area contributed by atoms with Crippen molar-refractivity contribution in [3.05, 3.63) is 34.9 Å². The molecule has 0 aliphatic carbocycles. The van der Waals surface area contributed by atoms with Crippen molar-refractivity contribution in [1.29, 1.82) is 0 Å². The molecule has 4 N–H and O–H groups in total. The van der Waals surface area contributed by atoms with E-state index in [2.05, 4.69) is 46.5 Å². The third-order valence-electron chi connectivity index (χ3n) is 3.22. The van der Waals surface area contributed by atoms with Gasteiger partial charge in [-0.1, -0.05) is 30.0 Å². The quantitative estimate of drug-likeness (QED) is 0.734. The van der Waals surface area contributed by atoms with Crippen molar-refractivity contribution in [2.75, 3.05) is 11.5 Å². The zero-order valence-electron chi connectivity index (χ0n) is 12.3. The fourth-order valence-corrected chi connectivity index (χ4v) is 2.47. The van der Waals surface area contributed by atoms with Crippen molar-refractivity contribution < 1.29 is 4.79 Å². The summed E-state index contributed by atoms with van der Waals surface area (Å²) < 4.78 is 0. The van der Waals surface area contributed by atoms with E-state index in [1.54, 1.807) is 0 Å². The monoisotopic (exact) mass is 305 g/mol. The number of nitrogen functional groups attached to an aromatic ring is 1. The summed E-state index contributed by atoms with van der Waals surface area (Å²) in [5.74, 6) is 0.447. The molecule has 1 aromatic heterocycles. The van der Waals surface area contributed by atoms with Crippen molar-refractivity contribution in [2.24, 2.45) is 0 Å². The number of aromatic nitrogens is 3. The second-order valence-electron chi connectivity index (χ2n) is 4.92. The van der Waals surface area contributed by atoms with Crippen LogP contribution in [-0.4, -0.2) is 26.8 Å². The van der Waals surface area contributed by atoms with Gasteiger partial charge in [0.05, 0.1) is 11.8 Å². The number of H-pyrrole nitrogens is 1. The van der Waals surface area contributed by atoms with Crippen LogP contribution in [0, 0.1) is 13.8 Å². The van der Waals surface area contributed by atoms with Crippen LogP contribution in [0.4, 0.5) is 5.95 Å². The summed E-state index contributed by atoms with van der Waals surface area (Å²) in [6, 6.07) is 6.17. The molecule has 0 radical (unpaired) electrons. The number of benzene rings is 1. The van der Waals surface area contributed by atoms with Crippen molar-refractivity contribution in [3.8, 4) is 0 Å². The van der Waals surface area contributed by atoms with Gasteiger partial charge in [-0.2, -0.15) is 4.98 Å². The highest BCUT2D eigenvalue weighted by Crippen LogP contribution is 2.17. The van der Waals surface area contributed by atoms with E-state index >= 15 is 0 Å². The minimum Gasteiger partial charge on any atom is -0.368 e. The molecule has 1 unspecified atom stereocenters. The fraction of sp³-hybridized carbons (Fsp3) is 0.357. The Labute approximate surface area is 127 Å². The first-order chi connectivity index (χ1) is 9.95. The first-order valence-electron chi connectivity index (χ1n) is 6.63. The van der Waals surface area contributed by atoms with Gasteiger partial charge in [0.1, 0.15) is 0 Å². The van der Waals surface area contributed by atoms with E-state index in [0.29, 0.717) is 5.16 Å². The molecule has 1 aromatic carbocycles. The fourth-order valence-electron chi connectivity index (χ4n) is 1.85. The molecule has 0 aliphatic rings. The first kappa shape index (κ1) is 15.4. The van der Waals surface area contributed by atoms with Gasteiger partial charge in [-0.05, 0) is 37.5 Å². The average molecular weight is 305 g/mol. The van der Waals surface area contributed by atoms with Gasteiger partial charge in [0.15, 0.2) is 0 Å². The predicted molar refractivity (Wildman–Crippen MR) is 84.0 cm³/mol. The minimum atomic E-state index is -0.0610. The lowest BCUT2D eigenvalue weighted by atomic mass is 10.0. The van der Waals surface area contributed by atoms with E-state index in [4.69, 9.17) is 5.73 Å². The van der Waals surface area contributed by atoms with Gasteiger partial charge in [0.25, 0.3) is 0 Å². The Hall–Kier alpha value is -2.02. The molecule has 21 heavy (non-hydrogen) atoms. The van der Waals surface area contributed by atoms with E-state index in [9.17, 15) is 4.79 Å². The number of aromatic amines is 1. The summed E-state index contributed by atoms with van der Waals surface area (Å²) in [4.78, 5) is 15.9. The molecule has 6 nitrogen and oxygen atoms in total. The molecular weight excluding hydrogens is 286 g/mol. The molecule has 0 spiro atoms. The standard InChI is InChI=1S/C14H19N5OS/c1-8-4-5-11(6-9(8)2)10(3)16-12(20)7-21-14-17-13(15)18-19-14/h4-6,10H,7H2,1-3H3,(H,16,20)(H3,15,17,18,19). The summed E-state index contributed by atoms with van der Waals surface area (Å²) in [5, 5.41) is 9.84. The Morgan fingerprint density at radius 1 is 1.43 bits per heavy atom. The molecule has 2 aromatic rings. The normalized spacial score (nSPS) is 12.1. The Morgan fingerprint density at radius 3 is 2.81 bits per heavy atom. The van der Waals surface area contributed by atoms with Crippen LogP contribution < -0.4 is 11.1 Å². The van der Waals surface area contributed by atoms with E-state index in [-0.39, 0.29) is 23.7 Å². The Bertz CT molecular complexity index is 640. The maximum absolute atomic E-state index is 11.9. The minimum absolute atomic E-state index is 0.0328. The zero-order chi connectivity index (χ0) is 15.4.